The van der Waals surface area contributed by atoms with Gasteiger partial charge in [0.25, 0.3) is 0 Å². The van der Waals surface area contributed by atoms with E-state index in [9.17, 15) is 9.59 Å². The van der Waals surface area contributed by atoms with Crippen molar-refractivity contribution in [2.24, 2.45) is 0 Å². The summed E-state index contributed by atoms with van der Waals surface area (Å²) in [7, 11) is 4.35. The molecule has 0 aliphatic carbocycles. The van der Waals surface area contributed by atoms with Gasteiger partial charge in [-0.25, -0.2) is 0 Å². The van der Waals surface area contributed by atoms with Crippen LogP contribution in [0.25, 0.3) is 0 Å². The van der Waals surface area contributed by atoms with Gasteiger partial charge in [0.05, 0.1) is 40.3 Å². The Morgan fingerprint density at radius 1 is 0.438 bits per heavy atom. The van der Waals surface area contributed by atoms with E-state index in [0.29, 0.717) is 25.9 Å². The minimum Gasteiger partial charge on any atom is -1.00 e. The molecule has 0 aromatic carbocycles. The molecule has 0 atom stereocenters. The molecule has 0 aromatic rings. The Morgan fingerprint density at radius 2 is 0.708 bits per heavy atom. The lowest BCUT2D eigenvalue weighted by Crippen LogP contribution is -3.00. The van der Waals surface area contributed by atoms with Crippen LogP contribution in [0, 0.1) is 0 Å². The third-order valence-corrected chi connectivity index (χ3v) is 9.41. The summed E-state index contributed by atoms with van der Waals surface area (Å²) in [6.45, 7) is 7.69. The second-order valence-electron chi connectivity index (χ2n) is 14.8. The van der Waals surface area contributed by atoms with Crippen molar-refractivity contribution in [2.75, 3.05) is 40.3 Å². The molecule has 284 valence electrons. The number of allylic oxidation sites excluding steroid dienone is 4. The molecule has 0 saturated carbocycles. The first-order valence-corrected chi connectivity index (χ1v) is 20.6. The van der Waals surface area contributed by atoms with Crippen molar-refractivity contribution < 1.29 is 26.5 Å². The highest BCUT2D eigenvalue weighted by Crippen LogP contribution is 2.11. The van der Waals surface area contributed by atoms with Crippen molar-refractivity contribution in [3.8, 4) is 0 Å². The quantitative estimate of drug-likeness (QED) is 0.0393. The van der Waals surface area contributed by atoms with Gasteiger partial charge in [0.15, 0.2) is 0 Å². The molecule has 5 nitrogen and oxygen atoms in total. The van der Waals surface area contributed by atoms with Crippen LogP contribution in [0.5, 0.6) is 0 Å². The molecule has 0 aliphatic heterocycles. The topological polar surface area (TPSA) is 58.2 Å². The van der Waals surface area contributed by atoms with Gasteiger partial charge in [-0.3, -0.25) is 9.59 Å². The fourth-order valence-corrected chi connectivity index (χ4v) is 6.00. The van der Waals surface area contributed by atoms with Gasteiger partial charge in [-0.05, 0) is 64.2 Å². The second-order valence-corrected chi connectivity index (χ2v) is 14.8. The van der Waals surface area contributed by atoms with E-state index in [1.807, 2.05) is 0 Å². The van der Waals surface area contributed by atoms with Gasteiger partial charge in [0, 0.05) is 12.8 Å². The van der Waals surface area contributed by atoms with Crippen molar-refractivity contribution in [3.63, 3.8) is 0 Å². The average molecular weight is 697 g/mol. The van der Waals surface area contributed by atoms with Crippen LogP contribution in [0.15, 0.2) is 24.3 Å². The minimum absolute atomic E-state index is 0. The SMILES string of the molecule is CCCCCCCC/C=C\CCCCCCCC(=O)NCC[N+](C)(C)CCNC(=O)CCCCCCC/C=C/CCCCCCCC.[Cl-]. The molecule has 0 saturated heterocycles. The maximum absolute atomic E-state index is 12.3. The molecule has 0 aromatic heterocycles. The fraction of sp³-hybridized carbons (Fsp3) is 0.857. The van der Waals surface area contributed by atoms with E-state index in [-0.39, 0.29) is 24.2 Å². The molecule has 0 bridgehead atoms. The number of amides is 2. The van der Waals surface area contributed by atoms with Crippen LogP contribution in [-0.2, 0) is 9.59 Å². The maximum atomic E-state index is 12.3. The summed E-state index contributed by atoms with van der Waals surface area (Å²) in [4.78, 5) is 24.5. The van der Waals surface area contributed by atoms with Crippen LogP contribution >= 0.6 is 0 Å². The maximum Gasteiger partial charge on any atom is 0.220 e. The number of nitrogens with one attached hydrogen (secondary N) is 2. The zero-order chi connectivity index (χ0) is 34.5. The molecule has 0 radical (unpaired) electrons. The zero-order valence-corrected chi connectivity index (χ0v) is 33.3. The van der Waals surface area contributed by atoms with E-state index in [0.717, 1.165) is 43.3 Å². The van der Waals surface area contributed by atoms with Crippen LogP contribution in [0.1, 0.15) is 194 Å². The lowest BCUT2D eigenvalue weighted by atomic mass is 10.1. The molecule has 2 N–H and O–H groups in total. The molecule has 2 amide bonds. The Labute approximate surface area is 306 Å². The summed E-state index contributed by atoms with van der Waals surface area (Å²) in [5, 5.41) is 6.21. The van der Waals surface area contributed by atoms with Crippen LogP contribution in [0.3, 0.4) is 0 Å². The van der Waals surface area contributed by atoms with Gasteiger partial charge in [-0.1, -0.05) is 141 Å². The number of hydrogen-bond acceptors (Lipinski definition) is 2. The Morgan fingerprint density at radius 3 is 1.02 bits per heavy atom. The summed E-state index contributed by atoms with van der Waals surface area (Å²) in [5.74, 6) is 0.354. The predicted molar refractivity (Wildman–Crippen MR) is 207 cm³/mol. The van der Waals surface area contributed by atoms with Crippen molar-refractivity contribution >= 4 is 11.8 Å². The molecule has 0 unspecified atom stereocenters. The first kappa shape index (κ1) is 48.8. The number of rotatable bonds is 36. The smallest absolute Gasteiger partial charge is 0.220 e. The first-order chi connectivity index (χ1) is 22.9. The summed E-state index contributed by atoms with van der Waals surface area (Å²) < 4.78 is 0.793. The molecule has 6 heteroatoms. The summed E-state index contributed by atoms with van der Waals surface area (Å²) in [6, 6.07) is 0. The van der Waals surface area contributed by atoms with Gasteiger partial charge in [-0.15, -0.1) is 0 Å². The number of carbonyl (C=O) groups is 2. The normalized spacial score (nSPS) is 11.8. The van der Waals surface area contributed by atoms with Crippen molar-refractivity contribution in [2.45, 2.75) is 194 Å². The second kappa shape index (κ2) is 38.5. The molecule has 0 spiro atoms. The average Bonchev–Trinajstić information content (AvgIpc) is 3.04. The van der Waals surface area contributed by atoms with E-state index in [1.165, 1.54) is 141 Å². The Hall–Kier alpha value is -1.33. The largest absolute Gasteiger partial charge is 1.00 e. The lowest BCUT2D eigenvalue weighted by Gasteiger charge is -2.30. The Bertz CT molecular complexity index is 693. The number of quaternary nitrogens is 1. The molecule has 0 aliphatic rings. The van der Waals surface area contributed by atoms with Crippen molar-refractivity contribution in [1.29, 1.82) is 0 Å². The van der Waals surface area contributed by atoms with E-state index >= 15 is 0 Å². The molecule has 0 heterocycles. The number of carbonyl (C=O) groups excluding carboxylic acids is 2. The predicted octanol–water partition coefficient (Wildman–Crippen LogP) is 8.37. The van der Waals surface area contributed by atoms with Gasteiger partial charge < -0.3 is 27.5 Å². The fourth-order valence-electron chi connectivity index (χ4n) is 6.00. The highest BCUT2D eigenvalue weighted by Gasteiger charge is 2.15. The van der Waals surface area contributed by atoms with Gasteiger partial charge in [0.1, 0.15) is 0 Å². The number of unbranched alkanes of at least 4 members (excludes halogenated alkanes) is 22. The third kappa shape index (κ3) is 39.1. The van der Waals surface area contributed by atoms with E-state index < -0.39 is 0 Å². The lowest BCUT2D eigenvalue weighted by molar-refractivity contribution is -0.887. The van der Waals surface area contributed by atoms with E-state index in [1.54, 1.807) is 0 Å². The van der Waals surface area contributed by atoms with E-state index in [4.69, 9.17) is 0 Å². The molecular formula is C42H82ClN3O2. The standard InChI is InChI=1S/C42H81N3O2.ClH/c1-5-7-9-11-13-15-17-19-21-23-25-27-29-31-33-35-41(46)43-37-39-45(3,4)40-38-44-42(47)36-34-32-30-28-26-24-22-20-18-16-14-12-10-8-6-2;/h19-22H,5-18,23-40H2,1-4H3,(H-,43,44,46,47);1H/b21-19-,22-20+;. The van der Waals surface area contributed by atoms with Crippen molar-refractivity contribution in [1.82, 2.24) is 10.6 Å². The third-order valence-electron chi connectivity index (χ3n) is 9.41. The number of hydrogen-bond donors (Lipinski definition) is 2. The molecule has 0 rings (SSSR count). The number of likely N-dealkylation sites (N-methyl/N-ethyl adjacent to an activating group) is 1. The van der Waals surface area contributed by atoms with Crippen molar-refractivity contribution in [3.05, 3.63) is 24.3 Å². The van der Waals surface area contributed by atoms with Crippen LogP contribution in [0.2, 0.25) is 0 Å². The van der Waals surface area contributed by atoms with E-state index in [2.05, 4.69) is 62.9 Å². The van der Waals surface area contributed by atoms with Crippen LogP contribution in [-0.4, -0.2) is 56.6 Å². The summed E-state index contributed by atoms with van der Waals surface area (Å²) in [6.07, 6.45) is 43.9. The number of nitrogens with zero attached hydrogens (tertiary/aromatic N) is 1. The summed E-state index contributed by atoms with van der Waals surface area (Å²) in [5.41, 5.74) is 0. The monoisotopic (exact) mass is 696 g/mol. The molecular weight excluding hydrogens is 614 g/mol. The van der Waals surface area contributed by atoms with Gasteiger partial charge in [0.2, 0.25) is 11.8 Å². The van der Waals surface area contributed by atoms with Crippen LogP contribution < -0.4 is 23.0 Å². The Kier molecular flexibility index (Phi) is 39.1. The highest BCUT2D eigenvalue weighted by molar-refractivity contribution is 5.76. The first-order valence-electron chi connectivity index (χ1n) is 20.6. The van der Waals surface area contributed by atoms with Gasteiger partial charge >= 0.3 is 0 Å². The molecule has 48 heavy (non-hydrogen) atoms. The minimum atomic E-state index is 0. The van der Waals surface area contributed by atoms with Crippen LogP contribution in [0.4, 0.5) is 0 Å². The van der Waals surface area contributed by atoms with Gasteiger partial charge in [-0.2, -0.15) is 0 Å². The zero-order valence-electron chi connectivity index (χ0n) is 32.6. The Balaban J connectivity index is 0. The molecule has 0 fully saturated rings. The number of halogens is 1. The highest BCUT2D eigenvalue weighted by atomic mass is 35.5. The summed E-state index contributed by atoms with van der Waals surface area (Å²) >= 11 is 0.